The van der Waals surface area contributed by atoms with E-state index in [-0.39, 0.29) is 5.60 Å². The van der Waals surface area contributed by atoms with Gasteiger partial charge in [0.15, 0.2) is 0 Å². The Labute approximate surface area is 159 Å². The third-order valence-electron chi connectivity index (χ3n) is 4.02. The van der Waals surface area contributed by atoms with E-state index in [4.69, 9.17) is 15.6 Å². The van der Waals surface area contributed by atoms with Gasteiger partial charge in [0.25, 0.3) is 0 Å². The average molecular weight is 370 g/mol. The fourth-order valence-electron chi connectivity index (χ4n) is 2.94. The molecule has 1 unspecified atom stereocenters. The van der Waals surface area contributed by atoms with E-state index in [1.54, 1.807) is 0 Å². The lowest BCUT2D eigenvalue weighted by molar-refractivity contribution is -0.120. The molecule has 0 aromatic heterocycles. The van der Waals surface area contributed by atoms with E-state index in [2.05, 4.69) is 5.32 Å². The molecule has 0 radical (unpaired) electrons. The summed E-state index contributed by atoms with van der Waals surface area (Å²) in [6.07, 6.45) is -0.821. The number of benzene rings is 2. The first kappa shape index (κ1) is 20.3. The Morgan fingerprint density at radius 1 is 1.07 bits per heavy atom. The number of hydrogen-bond acceptors (Lipinski definition) is 3. The third-order valence-corrected chi connectivity index (χ3v) is 4.02. The van der Waals surface area contributed by atoms with Gasteiger partial charge >= 0.3 is 6.09 Å². The Bertz CT molecular complexity index is 767. The van der Waals surface area contributed by atoms with Gasteiger partial charge in [-0.05, 0) is 50.5 Å². The number of amides is 2. The summed E-state index contributed by atoms with van der Waals surface area (Å²) >= 11 is 0. The molecule has 4 N–H and O–H groups in total. The van der Waals surface area contributed by atoms with Crippen LogP contribution in [0.5, 0.6) is 5.75 Å². The van der Waals surface area contributed by atoms with Crippen molar-refractivity contribution in [3.05, 3.63) is 65.7 Å². The fourth-order valence-corrected chi connectivity index (χ4v) is 2.94. The molecular weight excluding hydrogens is 344 g/mol. The maximum atomic E-state index is 12.0. The molecule has 0 aliphatic carbocycles. The van der Waals surface area contributed by atoms with E-state index in [1.807, 2.05) is 75.4 Å². The maximum Gasteiger partial charge on any atom is 0.405 e. The molecule has 6 heteroatoms. The van der Waals surface area contributed by atoms with Crippen molar-refractivity contribution in [2.45, 2.75) is 44.8 Å². The van der Waals surface area contributed by atoms with Gasteiger partial charge in [0.1, 0.15) is 17.4 Å². The first-order valence-corrected chi connectivity index (χ1v) is 8.77. The molecule has 2 aromatic rings. The van der Waals surface area contributed by atoms with Crippen LogP contribution in [-0.4, -0.2) is 28.7 Å². The summed E-state index contributed by atoms with van der Waals surface area (Å²) in [6.45, 7) is 5.87. The normalized spacial score (nSPS) is 13.4. The Hall–Kier alpha value is -3.02. The first-order valence-electron chi connectivity index (χ1n) is 8.77. The van der Waals surface area contributed by atoms with Gasteiger partial charge in [-0.3, -0.25) is 4.79 Å². The van der Waals surface area contributed by atoms with E-state index in [9.17, 15) is 9.59 Å². The zero-order valence-corrected chi connectivity index (χ0v) is 15.8. The van der Waals surface area contributed by atoms with E-state index in [1.165, 1.54) is 0 Å². The summed E-state index contributed by atoms with van der Waals surface area (Å²) < 4.78 is 5.83. The van der Waals surface area contributed by atoms with Crippen LogP contribution in [0, 0.1) is 0 Å². The topological polar surface area (TPSA) is 102 Å². The van der Waals surface area contributed by atoms with E-state index < -0.39 is 24.0 Å². The monoisotopic (exact) mass is 370 g/mol. The molecule has 0 aliphatic rings. The number of hydrogen-bond donors (Lipinski definition) is 3. The molecule has 0 spiro atoms. The van der Waals surface area contributed by atoms with Crippen LogP contribution in [0.3, 0.4) is 0 Å². The second-order valence-corrected chi connectivity index (χ2v) is 7.41. The number of carboxylic acid groups (broad SMARTS) is 1. The number of rotatable bonds is 7. The molecule has 2 aromatic carbocycles. The van der Waals surface area contributed by atoms with Crippen molar-refractivity contribution >= 4 is 12.0 Å². The van der Waals surface area contributed by atoms with Crippen LogP contribution < -0.4 is 15.8 Å². The van der Waals surface area contributed by atoms with Crippen molar-refractivity contribution in [2.24, 2.45) is 5.73 Å². The Morgan fingerprint density at radius 2 is 1.67 bits per heavy atom. The molecule has 0 saturated carbocycles. The van der Waals surface area contributed by atoms with Gasteiger partial charge in [-0.25, -0.2) is 4.79 Å². The Morgan fingerprint density at radius 3 is 2.15 bits per heavy atom. The molecular formula is C21H26N2O4. The van der Waals surface area contributed by atoms with Crippen LogP contribution in [0.2, 0.25) is 0 Å². The minimum absolute atomic E-state index is 0.328. The zero-order valence-electron chi connectivity index (χ0n) is 15.8. The summed E-state index contributed by atoms with van der Waals surface area (Å²) in [5, 5.41) is 11.4. The molecule has 0 fully saturated rings. The van der Waals surface area contributed by atoms with Crippen molar-refractivity contribution in [3.8, 4) is 5.75 Å². The Balaban J connectivity index is 2.35. The van der Waals surface area contributed by atoms with Crippen LogP contribution >= 0.6 is 0 Å². The smallest absolute Gasteiger partial charge is 0.405 e. The number of carbonyl (C=O) groups excluding carboxylic acids is 1. The van der Waals surface area contributed by atoms with Gasteiger partial charge in [0.05, 0.1) is 0 Å². The molecule has 6 nitrogen and oxygen atoms in total. The summed E-state index contributed by atoms with van der Waals surface area (Å²) in [6, 6.07) is 15.8. The average Bonchev–Trinajstić information content (AvgIpc) is 2.58. The minimum atomic E-state index is -1.29. The number of carbonyl (C=O) groups is 2. The molecule has 0 saturated heterocycles. The molecule has 0 heterocycles. The zero-order chi connectivity index (χ0) is 20.0. The predicted octanol–water partition coefficient (Wildman–Crippen LogP) is 3.31. The molecule has 0 aliphatic heterocycles. The lowest BCUT2D eigenvalue weighted by Gasteiger charge is -2.26. The maximum absolute atomic E-state index is 12.0. The van der Waals surface area contributed by atoms with Gasteiger partial charge in [-0.2, -0.15) is 0 Å². The summed E-state index contributed by atoms with van der Waals surface area (Å²) in [5.41, 5.74) is 6.96. The molecule has 27 heavy (non-hydrogen) atoms. The number of nitrogens with two attached hydrogens (primary N) is 1. The summed E-state index contributed by atoms with van der Waals surface area (Å²) in [7, 11) is 0. The van der Waals surface area contributed by atoms with E-state index in [0.29, 0.717) is 12.2 Å². The SMILES string of the molecule is CC(C)(C)Oc1ccc([C@@H](Cc2ccccc2)C(NC(=O)O)C(N)=O)cc1. The standard InChI is InChI=1S/C21H26N2O4/c1-21(2,3)27-16-11-9-15(10-12-16)17(13-14-7-5-4-6-8-14)18(19(22)24)23-20(25)26/h4-12,17-18,23H,13H2,1-3H3,(H2,22,24)(H,25,26)/t17-,18?/m1/s1. The molecule has 144 valence electrons. The highest BCUT2D eigenvalue weighted by Crippen LogP contribution is 2.28. The lowest BCUT2D eigenvalue weighted by atomic mass is 9.85. The van der Waals surface area contributed by atoms with E-state index in [0.717, 1.165) is 11.1 Å². The van der Waals surface area contributed by atoms with Gasteiger partial charge in [-0.15, -0.1) is 0 Å². The fraction of sp³-hybridized carbons (Fsp3) is 0.333. The minimum Gasteiger partial charge on any atom is -0.488 e. The second kappa shape index (κ2) is 8.58. The number of primary amides is 1. The van der Waals surface area contributed by atoms with Gasteiger partial charge in [0, 0.05) is 5.92 Å². The van der Waals surface area contributed by atoms with Crippen molar-refractivity contribution < 1.29 is 19.4 Å². The van der Waals surface area contributed by atoms with Gasteiger partial charge in [0.2, 0.25) is 5.91 Å². The highest BCUT2D eigenvalue weighted by atomic mass is 16.5. The highest BCUT2D eigenvalue weighted by molar-refractivity contribution is 5.85. The van der Waals surface area contributed by atoms with Gasteiger partial charge < -0.3 is 20.9 Å². The molecule has 2 rings (SSSR count). The first-order chi connectivity index (χ1) is 12.7. The van der Waals surface area contributed by atoms with E-state index >= 15 is 0 Å². The Kier molecular flexibility index (Phi) is 6.45. The largest absolute Gasteiger partial charge is 0.488 e. The predicted molar refractivity (Wildman–Crippen MR) is 104 cm³/mol. The van der Waals surface area contributed by atoms with Gasteiger partial charge in [-0.1, -0.05) is 42.5 Å². The number of ether oxygens (including phenoxy) is 1. The van der Waals surface area contributed by atoms with Crippen LogP contribution in [-0.2, 0) is 11.2 Å². The highest BCUT2D eigenvalue weighted by Gasteiger charge is 2.30. The number of nitrogens with one attached hydrogen (secondary N) is 1. The molecule has 2 atom stereocenters. The van der Waals surface area contributed by atoms with Crippen molar-refractivity contribution in [2.75, 3.05) is 0 Å². The quantitative estimate of drug-likeness (QED) is 0.696. The third kappa shape index (κ3) is 6.33. The summed E-state index contributed by atoms with van der Waals surface area (Å²) in [5.74, 6) is -0.454. The van der Waals surface area contributed by atoms with Crippen molar-refractivity contribution in [1.82, 2.24) is 5.32 Å². The van der Waals surface area contributed by atoms with Crippen molar-refractivity contribution in [3.63, 3.8) is 0 Å². The molecule has 0 bridgehead atoms. The molecule has 2 amide bonds. The van der Waals surface area contributed by atoms with Crippen molar-refractivity contribution in [1.29, 1.82) is 0 Å². The van der Waals surface area contributed by atoms with Crippen LogP contribution in [0.4, 0.5) is 4.79 Å². The lowest BCUT2D eigenvalue weighted by Crippen LogP contribution is -2.48. The summed E-state index contributed by atoms with van der Waals surface area (Å²) in [4.78, 5) is 23.1. The van der Waals surface area contributed by atoms with Crippen LogP contribution in [0.25, 0.3) is 0 Å². The van der Waals surface area contributed by atoms with Crippen LogP contribution in [0.1, 0.15) is 37.8 Å². The second-order valence-electron chi connectivity index (χ2n) is 7.41. The van der Waals surface area contributed by atoms with Crippen LogP contribution in [0.15, 0.2) is 54.6 Å².